The fourth-order valence-electron chi connectivity index (χ4n) is 2.28. The van der Waals surface area contributed by atoms with Gasteiger partial charge >= 0.3 is 0 Å². The van der Waals surface area contributed by atoms with Gasteiger partial charge in [0, 0.05) is 6.04 Å². The Labute approximate surface area is 152 Å². The number of rotatable bonds is 7. The summed E-state index contributed by atoms with van der Waals surface area (Å²) in [6.45, 7) is 6.39. The second-order valence-corrected chi connectivity index (χ2v) is 6.13. The third-order valence-electron chi connectivity index (χ3n) is 4.00. The zero-order valence-electron chi connectivity index (χ0n) is 15.1. The van der Waals surface area contributed by atoms with Crippen molar-refractivity contribution < 1.29 is 13.6 Å². The number of aryl methyl sites for hydroxylation is 1. The summed E-state index contributed by atoms with van der Waals surface area (Å²) in [7, 11) is 0. The third kappa shape index (κ3) is 4.06. The zero-order chi connectivity index (χ0) is 18.5. The van der Waals surface area contributed by atoms with Gasteiger partial charge in [-0.2, -0.15) is 10.2 Å². The Balaban J connectivity index is 1.71. The number of furan rings is 1. The number of nitrogens with one attached hydrogen (secondary N) is 1. The smallest absolute Gasteiger partial charge is 0.266 e. The van der Waals surface area contributed by atoms with Gasteiger partial charge in [-0.15, -0.1) is 0 Å². The maximum atomic E-state index is 9.24. The summed E-state index contributed by atoms with van der Waals surface area (Å²) >= 11 is 0. The van der Waals surface area contributed by atoms with Crippen LogP contribution in [-0.2, 0) is 6.61 Å². The molecule has 0 bridgehead atoms. The monoisotopic (exact) mass is 351 g/mol. The van der Waals surface area contributed by atoms with Gasteiger partial charge < -0.3 is 18.9 Å². The van der Waals surface area contributed by atoms with Crippen LogP contribution in [0.2, 0.25) is 0 Å². The van der Waals surface area contributed by atoms with Crippen molar-refractivity contribution in [3.05, 3.63) is 53.4 Å². The first kappa shape index (κ1) is 17.6. The fourth-order valence-corrected chi connectivity index (χ4v) is 2.28. The summed E-state index contributed by atoms with van der Waals surface area (Å²) in [6, 6.07) is 13.6. The largest absolute Gasteiger partial charge is 0.486 e. The zero-order valence-corrected chi connectivity index (χ0v) is 15.1. The average molecular weight is 351 g/mol. The van der Waals surface area contributed by atoms with Crippen LogP contribution < -0.4 is 10.1 Å². The van der Waals surface area contributed by atoms with E-state index in [9.17, 15) is 5.26 Å². The van der Waals surface area contributed by atoms with Crippen LogP contribution in [-0.4, -0.2) is 11.0 Å². The molecule has 0 amide bonds. The van der Waals surface area contributed by atoms with Gasteiger partial charge in [-0.1, -0.05) is 24.6 Å². The van der Waals surface area contributed by atoms with E-state index < -0.39 is 0 Å². The molecule has 2 aromatic heterocycles. The van der Waals surface area contributed by atoms with E-state index in [0.29, 0.717) is 24.0 Å². The highest BCUT2D eigenvalue weighted by molar-refractivity contribution is 5.54. The van der Waals surface area contributed by atoms with Crippen molar-refractivity contribution >= 4 is 5.88 Å². The molecular formula is C20H21N3O3. The molecule has 0 saturated heterocycles. The molecule has 1 aromatic carbocycles. The number of nitrogens with zero attached hydrogens (tertiary/aromatic N) is 2. The molecule has 0 saturated carbocycles. The molecule has 0 aliphatic rings. The second kappa shape index (κ2) is 7.79. The molecule has 2 heterocycles. The molecular weight excluding hydrogens is 330 g/mol. The maximum Gasteiger partial charge on any atom is 0.266 e. The number of ether oxygens (including phenoxy) is 1. The van der Waals surface area contributed by atoms with Gasteiger partial charge in [0.15, 0.2) is 5.76 Å². The Kier molecular flexibility index (Phi) is 5.28. The van der Waals surface area contributed by atoms with E-state index in [1.807, 2.05) is 57.2 Å². The summed E-state index contributed by atoms with van der Waals surface area (Å²) in [6.07, 6.45) is 0.905. The van der Waals surface area contributed by atoms with Crippen LogP contribution in [0.25, 0.3) is 11.7 Å². The molecule has 1 unspecified atom stereocenters. The number of hydrogen-bond donors (Lipinski definition) is 1. The molecule has 0 radical (unpaired) electrons. The van der Waals surface area contributed by atoms with Gasteiger partial charge in [-0.3, -0.25) is 0 Å². The first-order valence-electron chi connectivity index (χ1n) is 8.55. The molecule has 1 N–H and O–H groups in total. The fraction of sp³-hybridized carbons (Fsp3) is 0.300. The number of hydrogen-bond acceptors (Lipinski definition) is 6. The Morgan fingerprint density at radius 2 is 1.96 bits per heavy atom. The topological polar surface area (TPSA) is 84.2 Å². The average Bonchev–Trinajstić information content (AvgIpc) is 3.27. The summed E-state index contributed by atoms with van der Waals surface area (Å²) in [4.78, 5) is 4.20. The van der Waals surface area contributed by atoms with Crippen molar-refractivity contribution in [1.82, 2.24) is 4.98 Å². The number of benzene rings is 1. The highest BCUT2D eigenvalue weighted by atomic mass is 16.5. The molecule has 0 spiro atoms. The molecule has 1 atom stereocenters. The molecule has 6 nitrogen and oxygen atoms in total. The minimum absolute atomic E-state index is 0.179. The van der Waals surface area contributed by atoms with E-state index in [-0.39, 0.29) is 17.6 Å². The van der Waals surface area contributed by atoms with Gasteiger partial charge in [0.1, 0.15) is 24.2 Å². The van der Waals surface area contributed by atoms with E-state index in [1.165, 1.54) is 5.56 Å². The van der Waals surface area contributed by atoms with Crippen LogP contribution in [0, 0.1) is 18.3 Å². The van der Waals surface area contributed by atoms with E-state index >= 15 is 0 Å². The lowest BCUT2D eigenvalue weighted by molar-refractivity contribution is 0.271. The lowest BCUT2D eigenvalue weighted by Gasteiger charge is -2.08. The molecule has 3 aromatic rings. The van der Waals surface area contributed by atoms with Crippen LogP contribution in [0.1, 0.15) is 37.3 Å². The SMILES string of the molecule is CCC(C)Nc1oc(-c2ccc(COc3ccc(C)cc3)o2)nc1C#N. The highest BCUT2D eigenvalue weighted by Gasteiger charge is 2.18. The van der Waals surface area contributed by atoms with Crippen LogP contribution >= 0.6 is 0 Å². The quantitative estimate of drug-likeness (QED) is 0.651. The van der Waals surface area contributed by atoms with Crippen molar-refractivity contribution in [2.75, 3.05) is 5.32 Å². The van der Waals surface area contributed by atoms with E-state index in [2.05, 4.69) is 10.3 Å². The van der Waals surface area contributed by atoms with E-state index in [1.54, 1.807) is 6.07 Å². The van der Waals surface area contributed by atoms with Crippen molar-refractivity contribution in [3.63, 3.8) is 0 Å². The maximum absolute atomic E-state index is 9.24. The van der Waals surface area contributed by atoms with Crippen LogP contribution in [0.4, 0.5) is 5.88 Å². The Morgan fingerprint density at radius 1 is 1.19 bits per heavy atom. The Hall–Kier alpha value is -3.20. The number of oxazole rings is 1. The van der Waals surface area contributed by atoms with Crippen molar-refractivity contribution in [3.8, 4) is 23.5 Å². The summed E-state index contributed by atoms with van der Waals surface area (Å²) in [5, 5.41) is 12.4. The van der Waals surface area contributed by atoms with Crippen LogP contribution in [0.3, 0.4) is 0 Å². The van der Waals surface area contributed by atoms with Crippen molar-refractivity contribution in [2.24, 2.45) is 0 Å². The van der Waals surface area contributed by atoms with Gasteiger partial charge in [0.25, 0.3) is 5.89 Å². The van der Waals surface area contributed by atoms with E-state index in [0.717, 1.165) is 12.2 Å². The third-order valence-corrected chi connectivity index (χ3v) is 4.00. The number of anilines is 1. The van der Waals surface area contributed by atoms with Gasteiger partial charge in [0.05, 0.1) is 0 Å². The first-order valence-corrected chi connectivity index (χ1v) is 8.55. The molecule has 26 heavy (non-hydrogen) atoms. The predicted octanol–water partition coefficient (Wildman–Crippen LogP) is 4.90. The highest BCUT2D eigenvalue weighted by Crippen LogP contribution is 2.28. The van der Waals surface area contributed by atoms with Gasteiger partial charge in [-0.05, 0) is 44.5 Å². The lowest BCUT2D eigenvalue weighted by Crippen LogP contribution is -2.13. The number of nitriles is 1. The predicted molar refractivity (Wildman–Crippen MR) is 97.8 cm³/mol. The summed E-state index contributed by atoms with van der Waals surface area (Å²) in [5.41, 5.74) is 1.39. The minimum Gasteiger partial charge on any atom is -0.486 e. The molecule has 134 valence electrons. The Bertz CT molecular complexity index is 903. The van der Waals surface area contributed by atoms with E-state index in [4.69, 9.17) is 13.6 Å². The normalized spacial score (nSPS) is 11.8. The minimum atomic E-state index is 0.179. The lowest BCUT2D eigenvalue weighted by atomic mass is 10.2. The molecule has 6 heteroatoms. The number of aromatic nitrogens is 1. The molecule has 0 fully saturated rings. The Morgan fingerprint density at radius 3 is 2.65 bits per heavy atom. The second-order valence-electron chi connectivity index (χ2n) is 6.13. The molecule has 3 rings (SSSR count). The standard InChI is InChI=1S/C20H21N3O3/c1-4-14(3)22-19-17(11-21)23-20(26-19)18-10-9-16(25-18)12-24-15-7-5-13(2)6-8-15/h5-10,14,22H,4,12H2,1-3H3. The summed E-state index contributed by atoms with van der Waals surface area (Å²) < 4.78 is 17.1. The van der Waals surface area contributed by atoms with Gasteiger partial charge in [-0.25, -0.2) is 0 Å². The van der Waals surface area contributed by atoms with Crippen LogP contribution in [0.15, 0.2) is 45.2 Å². The van der Waals surface area contributed by atoms with Gasteiger partial charge in [0.2, 0.25) is 11.6 Å². The molecule has 0 aliphatic carbocycles. The molecule has 0 aliphatic heterocycles. The summed E-state index contributed by atoms with van der Waals surface area (Å²) in [5.74, 6) is 2.52. The van der Waals surface area contributed by atoms with Crippen LogP contribution in [0.5, 0.6) is 5.75 Å². The van der Waals surface area contributed by atoms with Crippen molar-refractivity contribution in [1.29, 1.82) is 5.26 Å². The first-order chi connectivity index (χ1) is 12.6. The van der Waals surface area contributed by atoms with Crippen molar-refractivity contribution in [2.45, 2.75) is 39.8 Å².